The van der Waals surface area contributed by atoms with E-state index >= 15 is 0 Å². The number of carboxylic acid groups (broad SMARTS) is 1. The van der Waals surface area contributed by atoms with Crippen LogP contribution in [-0.4, -0.2) is 32.4 Å². The largest absolute Gasteiger partial charge is 0.478 e. The quantitative estimate of drug-likeness (QED) is 0.862. The summed E-state index contributed by atoms with van der Waals surface area (Å²) in [7, 11) is -2.30. The van der Waals surface area contributed by atoms with Crippen LogP contribution in [0.15, 0.2) is 53.4 Å². The van der Waals surface area contributed by atoms with Crippen molar-refractivity contribution in [1.82, 2.24) is 0 Å². The molecule has 2 aromatic rings. The van der Waals surface area contributed by atoms with Gasteiger partial charge in [-0.1, -0.05) is 6.07 Å². The van der Waals surface area contributed by atoms with Gasteiger partial charge in [0.2, 0.25) is 5.91 Å². The molecule has 24 heavy (non-hydrogen) atoms. The maximum atomic E-state index is 12.3. The Morgan fingerprint density at radius 1 is 1.08 bits per heavy atom. The molecule has 0 spiro atoms. The Hall–Kier alpha value is -2.87. The molecule has 0 aliphatic rings. The number of amides is 1. The molecule has 0 fully saturated rings. The highest BCUT2D eigenvalue weighted by molar-refractivity contribution is 7.92. The van der Waals surface area contributed by atoms with Crippen molar-refractivity contribution in [1.29, 1.82) is 0 Å². The summed E-state index contributed by atoms with van der Waals surface area (Å²) in [6, 6.07) is 11.3. The molecule has 0 radical (unpaired) electrons. The van der Waals surface area contributed by atoms with E-state index in [1.807, 2.05) is 0 Å². The lowest BCUT2D eigenvalue weighted by Crippen LogP contribution is -2.22. The van der Waals surface area contributed by atoms with E-state index in [0.29, 0.717) is 11.4 Å². The van der Waals surface area contributed by atoms with Gasteiger partial charge in [-0.25, -0.2) is 13.2 Å². The summed E-state index contributed by atoms with van der Waals surface area (Å²) in [5, 5.41) is 8.94. The average molecular weight is 348 g/mol. The molecular formula is C16H16N2O5S. The lowest BCUT2D eigenvalue weighted by molar-refractivity contribution is -0.116. The van der Waals surface area contributed by atoms with Crippen molar-refractivity contribution < 1.29 is 23.1 Å². The number of carbonyl (C=O) groups excluding carboxylic acids is 1. The second kappa shape index (κ2) is 6.71. The molecule has 0 saturated heterocycles. The summed E-state index contributed by atoms with van der Waals surface area (Å²) in [4.78, 5) is 23.5. The van der Waals surface area contributed by atoms with Gasteiger partial charge >= 0.3 is 5.97 Å². The predicted octanol–water partition coefficient (Wildman–Crippen LogP) is 2.17. The zero-order valence-electron chi connectivity index (χ0n) is 13.1. The van der Waals surface area contributed by atoms with Crippen LogP contribution < -0.4 is 9.62 Å². The number of nitrogens with one attached hydrogen (secondary N) is 1. The van der Waals surface area contributed by atoms with Crippen LogP contribution in [0, 0.1) is 0 Å². The molecule has 2 rings (SSSR count). The molecular weight excluding hydrogens is 332 g/mol. The van der Waals surface area contributed by atoms with Crippen molar-refractivity contribution in [3.8, 4) is 0 Å². The van der Waals surface area contributed by atoms with E-state index in [-0.39, 0.29) is 16.4 Å². The van der Waals surface area contributed by atoms with E-state index in [9.17, 15) is 18.0 Å². The zero-order valence-corrected chi connectivity index (χ0v) is 13.9. The molecule has 2 N–H and O–H groups in total. The van der Waals surface area contributed by atoms with Gasteiger partial charge in [-0.3, -0.25) is 9.52 Å². The highest BCUT2D eigenvalue weighted by Gasteiger charge is 2.16. The predicted molar refractivity (Wildman–Crippen MR) is 89.7 cm³/mol. The Morgan fingerprint density at radius 3 is 2.25 bits per heavy atom. The fourth-order valence-corrected chi connectivity index (χ4v) is 3.05. The number of carboxylic acids is 1. The van der Waals surface area contributed by atoms with Crippen LogP contribution in [0.3, 0.4) is 0 Å². The maximum absolute atomic E-state index is 12.3. The molecule has 0 aliphatic heterocycles. The monoisotopic (exact) mass is 348 g/mol. The van der Waals surface area contributed by atoms with Gasteiger partial charge in [-0.15, -0.1) is 0 Å². The molecule has 1 amide bonds. The summed E-state index contributed by atoms with van der Waals surface area (Å²) in [6.45, 7) is 1.42. The number of hydrogen-bond acceptors (Lipinski definition) is 4. The van der Waals surface area contributed by atoms with Crippen LogP contribution in [0.5, 0.6) is 0 Å². The van der Waals surface area contributed by atoms with Crippen molar-refractivity contribution in [2.24, 2.45) is 0 Å². The standard InChI is InChI=1S/C16H16N2O5S/c1-11(19)18(2)14-8-6-13(7-9-14)17-24(22,23)15-5-3-4-12(10-15)16(20)21/h3-10,17H,1-2H3,(H,20,21). The lowest BCUT2D eigenvalue weighted by atomic mass is 10.2. The van der Waals surface area contributed by atoms with Crippen LogP contribution in [-0.2, 0) is 14.8 Å². The minimum atomic E-state index is -3.91. The SMILES string of the molecule is CC(=O)N(C)c1ccc(NS(=O)(=O)c2cccc(C(=O)O)c2)cc1. The number of hydrogen-bond donors (Lipinski definition) is 2. The molecule has 0 unspecified atom stereocenters. The van der Waals surface area contributed by atoms with Crippen molar-refractivity contribution >= 4 is 33.3 Å². The molecule has 0 bridgehead atoms. The van der Waals surface area contributed by atoms with Crippen LogP contribution >= 0.6 is 0 Å². The molecule has 2 aromatic carbocycles. The molecule has 8 heteroatoms. The number of rotatable bonds is 5. The number of anilines is 2. The summed E-state index contributed by atoms with van der Waals surface area (Å²) in [5.74, 6) is -1.35. The summed E-state index contributed by atoms with van der Waals surface area (Å²) in [5.41, 5.74) is 0.811. The first-order valence-corrected chi connectivity index (χ1v) is 8.39. The first-order chi connectivity index (χ1) is 11.2. The van der Waals surface area contributed by atoms with Gasteiger partial charge in [0.15, 0.2) is 0 Å². The maximum Gasteiger partial charge on any atom is 0.335 e. The van der Waals surface area contributed by atoms with E-state index < -0.39 is 16.0 Å². The molecule has 0 saturated carbocycles. The fraction of sp³-hybridized carbons (Fsp3) is 0.125. The highest BCUT2D eigenvalue weighted by atomic mass is 32.2. The molecule has 7 nitrogen and oxygen atoms in total. The van der Waals surface area contributed by atoms with Crippen LogP contribution in [0.25, 0.3) is 0 Å². The lowest BCUT2D eigenvalue weighted by Gasteiger charge is -2.15. The van der Waals surface area contributed by atoms with E-state index in [2.05, 4.69) is 4.72 Å². The summed E-state index contributed by atoms with van der Waals surface area (Å²) in [6.07, 6.45) is 0. The third kappa shape index (κ3) is 3.90. The van der Waals surface area contributed by atoms with Gasteiger partial charge in [0.05, 0.1) is 10.5 Å². The molecule has 0 atom stereocenters. The van der Waals surface area contributed by atoms with Gasteiger partial charge in [-0.05, 0) is 42.5 Å². The van der Waals surface area contributed by atoms with Gasteiger partial charge in [0.1, 0.15) is 0 Å². The van der Waals surface area contributed by atoms with E-state index in [4.69, 9.17) is 5.11 Å². The third-order valence-electron chi connectivity index (χ3n) is 3.37. The van der Waals surface area contributed by atoms with Crippen LogP contribution in [0.2, 0.25) is 0 Å². The second-order valence-corrected chi connectivity index (χ2v) is 6.75. The molecule has 0 aliphatic carbocycles. The molecule has 126 valence electrons. The summed E-state index contributed by atoms with van der Waals surface area (Å²) >= 11 is 0. The van der Waals surface area contributed by atoms with Crippen molar-refractivity contribution in [2.75, 3.05) is 16.7 Å². The smallest absolute Gasteiger partial charge is 0.335 e. The number of benzene rings is 2. The Morgan fingerprint density at radius 2 is 1.71 bits per heavy atom. The van der Waals surface area contributed by atoms with Gasteiger partial charge in [0, 0.05) is 25.3 Å². The normalized spacial score (nSPS) is 10.9. The van der Waals surface area contributed by atoms with E-state index in [1.165, 1.54) is 42.2 Å². The summed E-state index contributed by atoms with van der Waals surface area (Å²) < 4.78 is 27.0. The first kappa shape index (κ1) is 17.5. The second-order valence-electron chi connectivity index (χ2n) is 5.06. The number of carbonyl (C=O) groups is 2. The third-order valence-corrected chi connectivity index (χ3v) is 4.75. The topological polar surface area (TPSA) is 104 Å². The Bertz CT molecular complexity index is 876. The van der Waals surface area contributed by atoms with E-state index in [1.54, 1.807) is 19.2 Å². The minimum absolute atomic E-state index is 0.115. The minimum Gasteiger partial charge on any atom is -0.478 e. The van der Waals surface area contributed by atoms with Crippen molar-refractivity contribution in [3.63, 3.8) is 0 Å². The van der Waals surface area contributed by atoms with Crippen molar-refractivity contribution in [2.45, 2.75) is 11.8 Å². The fourth-order valence-electron chi connectivity index (χ4n) is 1.95. The average Bonchev–Trinajstić information content (AvgIpc) is 2.54. The van der Waals surface area contributed by atoms with Gasteiger partial charge in [0.25, 0.3) is 10.0 Å². The highest BCUT2D eigenvalue weighted by Crippen LogP contribution is 2.20. The number of aromatic carboxylic acids is 1. The molecule has 0 heterocycles. The molecule has 0 aromatic heterocycles. The Labute approximate surface area is 139 Å². The first-order valence-electron chi connectivity index (χ1n) is 6.91. The Balaban J connectivity index is 2.25. The van der Waals surface area contributed by atoms with Crippen molar-refractivity contribution in [3.05, 3.63) is 54.1 Å². The van der Waals surface area contributed by atoms with Crippen LogP contribution in [0.1, 0.15) is 17.3 Å². The Kier molecular flexibility index (Phi) is 4.89. The van der Waals surface area contributed by atoms with Gasteiger partial charge in [-0.2, -0.15) is 0 Å². The number of nitrogens with zero attached hydrogens (tertiary/aromatic N) is 1. The zero-order chi connectivity index (χ0) is 17.9. The van der Waals surface area contributed by atoms with E-state index in [0.717, 1.165) is 6.07 Å². The van der Waals surface area contributed by atoms with Crippen LogP contribution in [0.4, 0.5) is 11.4 Å². The number of sulfonamides is 1. The van der Waals surface area contributed by atoms with Gasteiger partial charge < -0.3 is 10.0 Å².